The van der Waals surface area contributed by atoms with Crippen LogP contribution in [0.4, 0.5) is 0 Å². The average Bonchev–Trinajstić information content (AvgIpc) is 2.09. The summed E-state index contributed by atoms with van der Waals surface area (Å²) < 4.78 is 0. The lowest BCUT2D eigenvalue weighted by molar-refractivity contribution is 0.173. The van der Waals surface area contributed by atoms with Crippen LogP contribution in [-0.2, 0) is 0 Å². The summed E-state index contributed by atoms with van der Waals surface area (Å²) in [4.78, 5) is 0. The van der Waals surface area contributed by atoms with Crippen molar-refractivity contribution in [2.24, 2.45) is 0 Å². The van der Waals surface area contributed by atoms with Crippen molar-refractivity contribution in [2.75, 3.05) is 13.6 Å². The Morgan fingerprint density at radius 3 is 2.69 bits per heavy atom. The minimum atomic E-state index is -0.808. The molecule has 0 aliphatic carbocycles. The molecule has 1 aromatic rings. The first kappa shape index (κ1) is 9.83. The summed E-state index contributed by atoms with van der Waals surface area (Å²) in [5, 5.41) is 30.7. The summed E-state index contributed by atoms with van der Waals surface area (Å²) in [7, 11) is 1.70. The van der Waals surface area contributed by atoms with Gasteiger partial charge >= 0.3 is 0 Å². The number of hydrogen-bond acceptors (Lipinski definition) is 4. The fourth-order valence-electron chi connectivity index (χ4n) is 1.11. The van der Waals surface area contributed by atoms with Crippen molar-refractivity contribution >= 4 is 0 Å². The lowest BCUT2D eigenvalue weighted by Gasteiger charge is -2.11. The molecule has 1 aromatic carbocycles. The number of hydrogen-bond donors (Lipinski definition) is 4. The number of aromatic hydroxyl groups is 2. The second-order valence-electron chi connectivity index (χ2n) is 2.82. The van der Waals surface area contributed by atoms with E-state index in [1.54, 1.807) is 7.05 Å². The predicted octanol–water partition coefficient (Wildman–Crippen LogP) is 0.351. The zero-order chi connectivity index (χ0) is 9.84. The molecule has 0 spiro atoms. The summed E-state index contributed by atoms with van der Waals surface area (Å²) in [5.74, 6) is 0.0171. The third-order valence-corrected chi connectivity index (χ3v) is 1.77. The van der Waals surface area contributed by atoms with E-state index in [1.807, 2.05) is 0 Å². The van der Waals surface area contributed by atoms with Gasteiger partial charge in [-0.1, -0.05) is 0 Å². The monoisotopic (exact) mass is 183 g/mol. The van der Waals surface area contributed by atoms with Crippen molar-refractivity contribution in [3.63, 3.8) is 0 Å². The highest BCUT2D eigenvalue weighted by Crippen LogP contribution is 2.27. The maximum atomic E-state index is 9.49. The molecule has 1 rings (SSSR count). The number of likely N-dealkylation sites (N-methyl/N-ethyl adjacent to an activating group) is 1. The van der Waals surface area contributed by atoms with Crippen LogP contribution in [-0.4, -0.2) is 28.9 Å². The Bertz CT molecular complexity index is 288. The predicted molar refractivity (Wildman–Crippen MR) is 48.7 cm³/mol. The van der Waals surface area contributed by atoms with Gasteiger partial charge in [-0.3, -0.25) is 0 Å². The van der Waals surface area contributed by atoms with E-state index in [9.17, 15) is 10.2 Å². The molecule has 1 unspecified atom stereocenters. The molecule has 0 aliphatic rings. The van der Waals surface area contributed by atoms with E-state index < -0.39 is 6.10 Å². The van der Waals surface area contributed by atoms with E-state index in [4.69, 9.17) is 5.11 Å². The Kier molecular flexibility index (Phi) is 3.11. The highest BCUT2D eigenvalue weighted by atomic mass is 16.3. The molecule has 0 aliphatic heterocycles. The van der Waals surface area contributed by atoms with Gasteiger partial charge in [0, 0.05) is 12.1 Å². The molecule has 13 heavy (non-hydrogen) atoms. The highest BCUT2D eigenvalue weighted by Gasteiger charge is 2.11. The first-order valence-electron chi connectivity index (χ1n) is 3.99. The van der Waals surface area contributed by atoms with Gasteiger partial charge in [0.25, 0.3) is 0 Å². The fourth-order valence-corrected chi connectivity index (χ4v) is 1.11. The molecule has 0 amide bonds. The molecule has 0 fully saturated rings. The zero-order valence-electron chi connectivity index (χ0n) is 7.36. The van der Waals surface area contributed by atoms with Crippen molar-refractivity contribution in [1.82, 2.24) is 5.32 Å². The quantitative estimate of drug-likeness (QED) is 0.510. The second-order valence-corrected chi connectivity index (χ2v) is 2.82. The molecule has 0 radical (unpaired) electrons. The fraction of sp³-hybridized carbons (Fsp3) is 0.333. The maximum Gasteiger partial charge on any atom is 0.121 e. The van der Waals surface area contributed by atoms with E-state index >= 15 is 0 Å². The minimum Gasteiger partial charge on any atom is -0.508 e. The van der Waals surface area contributed by atoms with Gasteiger partial charge < -0.3 is 20.6 Å². The van der Waals surface area contributed by atoms with Crippen molar-refractivity contribution in [1.29, 1.82) is 0 Å². The number of benzene rings is 1. The van der Waals surface area contributed by atoms with Crippen LogP contribution in [0.5, 0.6) is 11.5 Å². The maximum absolute atomic E-state index is 9.49. The van der Waals surface area contributed by atoms with Crippen LogP contribution in [0.1, 0.15) is 11.7 Å². The molecular formula is C9H13NO3. The Morgan fingerprint density at radius 2 is 2.08 bits per heavy atom. The van der Waals surface area contributed by atoms with Crippen molar-refractivity contribution in [2.45, 2.75) is 6.10 Å². The van der Waals surface area contributed by atoms with Crippen LogP contribution >= 0.6 is 0 Å². The van der Waals surface area contributed by atoms with Gasteiger partial charge in [0.15, 0.2) is 0 Å². The molecule has 0 heterocycles. The van der Waals surface area contributed by atoms with Gasteiger partial charge in [-0.2, -0.15) is 0 Å². The molecule has 1 atom stereocenters. The van der Waals surface area contributed by atoms with Crippen LogP contribution in [0.25, 0.3) is 0 Å². The summed E-state index contributed by atoms with van der Waals surface area (Å²) in [6.07, 6.45) is -0.808. The minimum absolute atomic E-state index is 0.0134. The lowest BCUT2D eigenvalue weighted by Crippen LogP contribution is -2.16. The highest BCUT2D eigenvalue weighted by molar-refractivity contribution is 5.40. The summed E-state index contributed by atoms with van der Waals surface area (Å²) in [6.45, 7) is 0.330. The largest absolute Gasteiger partial charge is 0.508 e. The van der Waals surface area contributed by atoms with E-state index in [0.29, 0.717) is 12.1 Å². The Morgan fingerprint density at radius 1 is 1.38 bits per heavy atom. The SMILES string of the molecule is CNCC(O)c1cc(O)ccc1O. The van der Waals surface area contributed by atoms with Gasteiger partial charge in [-0.05, 0) is 25.2 Å². The van der Waals surface area contributed by atoms with E-state index in [2.05, 4.69) is 5.32 Å². The first-order chi connectivity index (χ1) is 6.15. The number of phenols is 2. The Balaban J connectivity index is 2.91. The molecule has 4 heteroatoms. The molecule has 4 nitrogen and oxygen atoms in total. The first-order valence-corrected chi connectivity index (χ1v) is 3.99. The molecule has 0 saturated carbocycles. The van der Waals surface area contributed by atoms with E-state index in [-0.39, 0.29) is 11.5 Å². The molecule has 0 bridgehead atoms. The van der Waals surface area contributed by atoms with Gasteiger partial charge in [-0.25, -0.2) is 0 Å². The summed E-state index contributed by atoms with van der Waals surface area (Å²) in [5.41, 5.74) is 0.328. The number of rotatable bonds is 3. The zero-order valence-corrected chi connectivity index (χ0v) is 7.36. The van der Waals surface area contributed by atoms with Crippen LogP contribution in [0.15, 0.2) is 18.2 Å². The Labute approximate surface area is 76.5 Å². The lowest BCUT2D eigenvalue weighted by atomic mass is 10.1. The van der Waals surface area contributed by atoms with Gasteiger partial charge in [0.05, 0.1) is 6.10 Å². The van der Waals surface area contributed by atoms with Crippen molar-refractivity contribution in [3.8, 4) is 11.5 Å². The topological polar surface area (TPSA) is 72.7 Å². The van der Waals surface area contributed by atoms with Crippen molar-refractivity contribution in [3.05, 3.63) is 23.8 Å². The van der Waals surface area contributed by atoms with E-state index in [0.717, 1.165) is 0 Å². The average molecular weight is 183 g/mol. The van der Waals surface area contributed by atoms with Crippen LogP contribution in [0, 0.1) is 0 Å². The van der Waals surface area contributed by atoms with Gasteiger partial charge in [-0.15, -0.1) is 0 Å². The summed E-state index contributed by atoms with van der Waals surface area (Å²) in [6, 6.07) is 4.06. The third kappa shape index (κ3) is 2.34. The molecule has 72 valence electrons. The van der Waals surface area contributed by atoms with Gasteiger partial charge in [0.2, 0.25) is 0 Å². The third-order valence-electron chi connectivity index (χ3n) is 1.77. The molecule has 0 aromatic heterocycles. The molecular weight excluding hydrogens is 170 g/mol. The standard InChI is InChI=1S/C9H13NO3/c1-10-5-9(13)7-4-6(11)2-3-8(7)12/h2-4,9-13H,5H2,1H3. The number of nitrogens with one attached hydrogen (secondary N) is 1. The molecule has 4 N–H and O–H groups in total. The van der Waals surface area contributed by atoms with Crippen molar-refractivity contribution < 1.29 is 15.3 Å². The van der Waals surface area contributed by atoms with Crippen LogP contribution < -0.4 is 5.32 Å². The summed E-state index contributed by atoms with van der Waals surface area (Å²) >= 11 is 0. The molecule has 0 saturated heterocycles. The van der Waals surface area contributed by atoms with Crippen LogP contribution in [0.3, 0.4) is 0 Å². The van der Waals surface area contributed by atoms with Crippen LogP contribution in [0.2, 0.25) is 0 Å². The number of phenolic OH excluding ortho intramolecular Hbond substituents is 2. The second kappa shape index (κ2) is 4.11. The normalized spacial score (nSPS) is 12.8. The number of aliphatic hydroxyl groups is 1. The Hall–Kier alpha value is -1.26. The number of aliphatic hydroxyl groups excluding tert-OH is 1. The smallest absolute Gasteiger partial charge is 0.121 e. The van der Waals surface area contributed by atoms with E-state index in [1.165, 1.54) is 18.2 Å². The van der Waals surface area contributed by atoms with Gasteiger partial charge in [0.1, 0.15) is 11.5 Å².